The van der Waals surface area contributed by atoms with Gasteiger partial charge in [-0.2, -0.15) is 0 Å². The maximum Gasteiger partial charge on any atom is 0.408 e. The number of alkyl carbamates (subject to hydrolysis) is 1. The lowest BCUT2D eigenvalue weighted by molar-refractivity contribution is -0.136. The summed E-state index contributed by atoms with van der Waals surface area (Å²) in [6, 6.07) is 25.9. The molecule has 1 amide bonds. The molecule has 6 rings (SSSR count). The highest BCUT2D eigenvalue weighted by Gasteiger charge is 2.27. The fraction of sp³-hybridized carbons (Fsp3) is 0.256. The fourth-order valence-corrected chi connectivity index (χ4v) is 5.41. The molecule has 49 heavy (non-hydrogen) atoms. The molecule has 4 aromatic carbocycles. The average Bonchev–Trinajstić information content (AvgIpc) is 3.07. The molecule has 10 nitrogen and oxygen atoms in total. The number of hydrogen-bond acceptors (Lipinski definition) is 9. The van der Waals surface area contributed by atoms with Crippen molar-refractivity contribution in [2.75, 3.05) is 13.2 Å². The largest absolute Gasteiger partial charge is 0.489 e. The number of amides is 1. The van der Waals surface area contributed by atoms with E-state index in [1.54, 1.807) is 64.1 Å². The summed E-state index contributed by atoms with van der Waals surface area (Å²) in [6.45, 7) is 8.21. The molecule has 252 valence electrons. The van der Waals surface area contributed by atoms with Gasteiger partial charge >= 0.3 is 12.1 Å². The van der Waals surface area contributed by atoms with Crippen LogP contribution in [0.15, 0.2) is 100 Å². The highest BCUT2D eigenvalue weighted by Crippen LogP contribution is 2.35. The molecule has 0 saturated heterocycles. The monoisotopic (exact) mass is 663 g/mol. The lowest BCUT2D eigenvalue weighted by Crippen LogP contribution is -2.46. The van der Waals surface area contributed by atoms with Gasteiger partial charge in [0.2, 0.25) is 5.43 Å². The normalized spacial score (nSPS) is 13.0. The minimum atomic E-state index is -1.09. The Labute approximate surface area is 283 Å². The molecule has 2 heterocycles. The molecule has 5 aromatic rings. The molecule has 1 aliphatic rings. The number of esters is 1. The number of carbonyl (C=O) groups excluding carboxylic acids is 2. The lowest BCUT2D eigenvalue weighted by atomic mass is 10.0. The second-order valence-electron chi connectivity index (χ2n) is 12.6. The first-order valence-corrected chi connectivity index (χ1v) is 16.0. The first kappa shape index (κ1) is 33.1. The van der Waals surface area contributed by atoms with Crippen molar-refractivity contribution in [1.82, 2.24) is 5.32 Å². The van der Waals surface area contributed by atoms with Crippen molar-refractivity contribution < 1.29 is 37.7 Å². The van der Waals surface area contributed by atoms with Crippen LogP contribution in [0.1, 0.15) is 37.7 Å². The summed E-state index contributed by atoms with van der Waals surface area (Å²) in [5, 5.41) is 2.96. The third kappa shape index (κ3) is 8.21. The van der Waals surface area contributed by atoms with E-state index in [2.05, 4.69) is 5.32 Å². The van der Waals surface area contributed by atoms with Gasteiger partial charge in [0.15, 0.2) is 11.5 Å². The molecule has 0 unspecified atom stereocenters. The van der Waals surface area contributed by atoms with Crippen molar-refractivity contribution >= 4 is 23.0 Å². The minimum absolute atomic E-state index is 0.123. The number of rotatable bonds is 9. The molecule has 0 radical (unpaired) electrons. The Morgan fingerprint density at radius 3 is 2.29 bits per heavy atom. The van der Waals surface area contributed by atoms with Gasteiger partial charge in [-0.3, -0.25) is 4.79 Å². The Balaban J connectivity index is 1.20. The minimum Gasteiger partial charge on any atom is -0.489 e. The van der Waals surface area contributed by atoms with Crippen LogP contribution >= 0.6 is 0 Å². The zero-order valence-electron chi connectivity index (χ0n) is 27.7. The third-order valence-electron chi connectivity index (χ3n) is 7.68. The summed E-state index contributed by atoms with van der Waals surface area (Å²) in [5.41, 5.74) is 2.07. The Morgan fingerprint density at radius 1 is 0.837 bits per heavy atom. The predicted molar refractivity (Wildman–Crippen MR) is 183 cm³/mol. The van der Waals surface area contributed by atoms with E-state index in [9.17, 15) is 14.4 Å². The van der Waals surface area contributed by atoms with Gasteiger partial charge in [-0.1, -0.05) is 48.5 Å². The zero-order valence-corrected chi connectivity index (χ0v) is 27.7. The summed E-state index contributed by atoms with van der Waals surface area (Å²) in [4.78, 5) is 39.9. The van der Waals surface area contributed by atoms with E-state index < -0.39 is 23.7 Å². The number of ether oxygens (including phenoxy) is 5. The maximum atomic E-state index is 13.6. The van der Waals surface area contributed by atoms with Crippen LogP contribution in [0.25, 0.3) is 22.1 Å². The van der Waals surface area contributed by atoms with Crippen LogP contribution < -0.4 is 29.7 Å². The maximum absolute atomic E-state index is 13.6. The third-order valence-corrected chi connectivity index (χ3v) is 7.68. The molecule has 0 saturated carbocycles. The topological polar surface area (TPSA) is 123 Å². The molecular weight excluding hydrogens is 626 g/mol. The van der Waals surface area contributed by atoms with Crippen LogP contribution in [0.3, 0.4) is 0 Å². The van der Waals surface area contributed by atoms with E-state index in [1.165, 1.54) is 12.1 Å². The quantitative estimate of drug-likeness (QED) is 0.129. The molecule has 1 N–H and O–H groups in total. The first-order valence-electron chi connectivity index (χ1n) is 16.0. The summed E-state index contributed by atoms with van der Waals surface area (Å²) < 4.78 is 34.4. The van der Waals surface area contributed by atoms with Crippen molar-refractivity contribution in [1.29, 1.82) is 0 Å². The van der Waals surface area contributed by atoms with Crippen LogP contribution in [0.5, 0.6) is 23.0 Å². The predicted octanol–water partition coefficient (Wildman–Crippen LogP) is 7.16. The van der Waals surface area contributed by atoms with Crippen molar-refractivity contribution in [3.63, 3.8) is 0 Å². The van der Waals surface area contributed by atoms with Gasteiger partial charge in [-0.25, -0.2) is 9.59 Å². The highest BCUT2D eigenvalue weighted by molar-refractivity contribution is 5.87. The van der Waals surface area contributed by atoms with Crippen LogP contribution in [-0.2, 0) is 22.6 Å². The lowest BCUT2D eigenvalue weighted by Gasteiger charge is -2.23. The van der Waals surface area contributed by atoms with Crippen molar-refractivity contribution in [3.8, 4) is 34.1 Å². The van der Waals surface area contributed by atoms with Gasteiger partial charge in [-0.15, -0.1) is 0 Å². The molecule has 0 fully saturated rings. The molecular formula is C39H37NO9. The van der Waals surface area contributed by atoms with Crippen LogP contribution in [-0.4, -0.2) is 36.9 Å². The summed E-state index contributed by atoms with van der Waals surface area (Å²) >= 11 is 0. The van der Waals surface area contributed by atoms with Gasteiger partial charge in [0, 0.05) is 12.5 Å². The van der Waals surface area contributed by atoms with Crippen LogP contribution in [0, 0.1) is 6.92 Å². The van der Waals surface area contributed by atoms with Gasteiger partial charge in [0.05, 0.1) is 10.9 Å². The molecule has 1 aromatic heterocycles. The van der Waals surface area contributed by atoms with E-state index in [0.717, 1.165) is 11.1 Å². The Morgan fingerprint density at radius 2 is 1.55 bits per heavy atom. The summed E-state index contributed by atoms with van der Waals surface area (Å²) in [5.74, 6) is 1.66. The molecule has 0 spiro atoms. The molecule has 0 bridgehead atoms. The summed E-state index contributed by atoms with van der Waals surface area (Å²) in [6.07, 6.45) is -0.637. The number of benzene rings is 4. The SMILES string of the molecule is Cc1oc2cc(OC(=O)[C@H](Cc3ccc(OCc4ccccc4)cc3)NC(=O)OC(C)(C)C)ccc2c(=O)c1-c1ccc2c(c1)OCCO2. The number of carbonyl (C=O) groups is 2. The van der Waals surface area contributed by atoms with Crippen molar-refractivity contribution in [2.45, 2.75) is 52.4 Å². The van der Waals surface area contributed by atoms with Crippen LogP contribution in [0.2, 0.25) is 0 Å². The van der Waals surface area contributed by atoms with Crippen LogP contribution in [0.4, 0.5) is 4.79 Å². The Kier molecular flexibility index (Phi) is 9.57. The number of fused-ring (bicyclic) bond motifs is 2. The second-order valence-corrected chi connectivity index (χ2v) is 12.6. The van der Waals surface area contributed by atoms with E-state index in [1.807, 2.05) is 42.5 Å². The first-order chi connectivity index (χ1) is 23.5. The second kappa shape index (κ2) is 14.1. The Hall–Kier alpha value is -5.77. The molecule has 10 heteroatoms. The number of aryl methyl sites for hydroxylation is 1. The average molecular weight is 664 g/mol. The zero-order chi connectivity index (χ0) is 34.5. The number of hydrogen-bond donors (Lipinski definition) is 1. The smallest absolute Gasteiger partial charge is 0.408 e. The fourth-order valence-electron chi connectivity index (χ4n) is 5.41. The van der Waals surface area contributed by atoms with Crippen molar-refractivity contribution in [2.24, 2.45) is 0 Å². The van der Waals surface area contributed by atoms with Crippen molar-refractivity contribution in [3.05, 3.63) is 118 Å². The highest BCUT2D eigenvalue weighted by atomic mass is 16.6. The van der Waals surface area contributed by atoms with E-state index in [0.29, 0.717) is 59.3 Å². The van der Waals surface area contributed by atoms with E-state index in [4.69, 9.17) is 28.1 Å². The standard InChI is InChI=1S/C39H37NO9/c1-24-35(27-12-17-32-34(21-27)45-19-18-44-32)36(41)30-16-15-29(22-33(30)47-24)48-37(42)31(40-38(43)49-39(2,3)4)20-25-10-13-28(14-11-25)46-23-26-8-6-5-7-9-26/h5-17,21-22,31H,18-20,23H2,1-4H3,(H,40,43)/t31-/m0/s1. The van der Waals surface area contributed by atoms with Gasteiger partial charge in [-0.05, 0) is 80.8 Å². The summed E-state index contributed by atoms with van der Waals surface area (Å²) in [7, 11) is 0. The van der Waals surface area contributed by atoms with E-state index >= 15 is 0 Å². The molecule has 1 aliphatic heterocycles. The van der Waals surface area contributed by atoms with Gasteiger partial charge < -0.3 is 33.4 Å². The molecule has 1 atom stereocenters. The van der Waals surface area contributed by atoms with E-state index in [-0.39, 0.29) is 23.2 Å². The molecule has 0 aliphatic carbocycles. The Bertz CT molecular complexity index is 2030. The van der Waals surface area contributed by atoms with Gasteiger partial charge in [0.1, 0.15) is 54.3 Å². The van der Waals surface area contributed by atoms with Gasteiger partial charge in [0.25, 0.3) is 0 Å². The number of nitrogens with one attached hydrogen (secondary N) is 1.